The Bertz CT molecular complexity index is 1030. The molecule has 0 saturated heterocycles. The molecule has 2 aromatic heterocycles. The van der Waals surface area contributed by atoms with Crippen LogP contribution in [0.1, 0.15) is 30.4 Å². The number of carbonyl (C=O) groups excluding carboxylic acids is 2. The number of esters is 1. The van der Waals surface area contributed by atoms with Crippen molar-refractivity contribution in [2.75, 3.05) is 6.61 Å². The average Bonchev–Trinajstić information content (AvgIpc) is 3.32. The van der Waals surface area contributed by atoms with Crippen molar-refractivity contribution in [3.8, 4) is 16.0 Å². The monoisotopic (exact) mass is 413 g/mol. The Labute approximate surface area is 170 Å². The number of amides is 1. The minimum Gasteiger partial charge on any atom is -0.451 e. The number of nitrogens with zero attached hydrogens (tertiary/aromatic N) is 2. The van der Waals surface area contributed by atoms with Crippen LogP contribution in [0, 0.1) is 17.2 Å². The van der Waals surface area contributed by atoms with E-state index in [4.69, 9.17) is 4.74 Å². The summed E-state index contributed by atoms with van der Waals surface area (Å²) in [6.07, 6.45) is 0. The normalized spacial score (nSPS) is 13.1. The van der Waals surface area contributed by atoms with Crippen molar-refractivity contribution in [3.05, 3.63) is 41.3 Å². The number of fused-ring (bicyclic) bond motifs is 1. The first-order chi connectivity index (χ1) is 13.3. The second kappa shape index (κ2) is 8.09. The number of para-hydroxylation sites is 1. The maximum atomic E-state index is 12.3. The minimum absolute atomic E-state index is 0.0779. The highest BCUT2D eigenvalue weighted by Gasteiger charge is 2.30. The Morgan fingerprint density at radius 2 is 2.00 bits per heavy atom. The Balaban J connectivity index is 1.63. The van der Waals surface area contributed by atoms with Gasteiger partial charge >= 0.3 is 5.97 Å². The van der Waals surface area contributed by atoms with Gasteiger partial charge in [-0.3, -0.25) is 4.79 Å². The van der Waals surface area contributed by atoms with Gasteiger partial charge in [0.1, 0.15) is 15.4 Å². The fourth-order valence-corrected chi connectivity index (χ4v) is 4.29. The zero-order valence-corrected chi connectivity index (χ0v) is 17.3. The third-order valence-electron chi connectivity index (χ3n) is 4.43. The number of thiophene rings is 1. The van der Waals surface area contributed by atoms with E-state index < -0.39 is 24.0 Å². The van der Waals surface area contributed by atoms with Crippen molar-refractivity contribution in [2.45, 2.75) is 26.3 Å². The molecular formula is C20H19N3O3S2. The molecule has 0 aliphatic heterocycles. The van der Waals surface area contributed by atoms with E-state index in [0.717, 1.165) is 20.1 Å². The number of nitriles is 1. The van der Waals surface area contributed by atoms with Crippen LogP contribution in [0.3, 0.4) is 0 Å². The summed E-state index contributed by atoms with van der Waals surface area (Å²) in [5.41, 5.74) is -0.0886. The topological polar surface area (TPSA) is 92.1 Å². The molecule has 28 heavy (non-hydrogen) atoms. The third kappa shape index (κ3) is 4.21. The molecule has 144 valence electrons. The molecule has 0 bridgehead atoms. The Kier molecular flexibility index (Phi) is 5.77. The van der Waals surface area contributed by atoms with Gasteiger partial charge in [-0.15, -0.1) is 22.7 Å². The summed E-state index contributed by atoms with van der Waals surface area (Å²) in [4.78, 5) is 30.1. The van der Waals surface area contributed by atoms with E-state index in [0.29, 0.717) is 4.88 Å². The predicted molar refractivity (Wildman–Crippen MR) is 110 cm³/mol. The van der Waals surface area contributed by atoms with Gasteiger partial charge in [0.05, 0.1) is 21.2 Å². The summed E-state index contributed by atoms with van der Waals surface area (Å²) < 4.78 is 6.18. The SMILES string of the molecule is CC(C)[C@@](C)(C#N)NC(=O)COC(=O)c1ccc(-c2nc3ccccc3s2)s1. The number of carbonyl (C=O) groups is 2. The van der Waals surface area contributed by atoms with Crippen molar-refractivity contribution < 1.29 is 14.3 Å². The van der Waals surface area contributed by atoms with E-state index in [1.807, 2.05) is 44.2 Å². The lowest BCUT2D eigenvalue weighted by atomic mass is 9.90. The quantitative estimate of drug-likeness (QED) is 0.610. The molecule has 3 aromatic rings. The number of rotatable bonds is 6. The molecule has 1 amide bonds. The molecule has 1 N–H and O–H groups in total. The zero-order chi connectivity index (χ0) is 20.3. The summed E-state index contributed by atoms with van der Waals surface area (Å²) in [5.74, 6) is -1.16. The lowest BCUT2D eigenvalue weighted by molar-refractivity contribution is -0.125. The van der Waals surface area contributed by atoms with E-state index in [9.17, 15) is 14.9 Å². The summed E-state index contributed by atoms with van der Waals surface area (Å²) in [7, 11) is 0. The summed E-state index contributed by atoms with van der Waals surface area (Å²) in [6, 6.07) is 13.4. The van der Waals surface area contributed by atoms with Crippen LogP contribution in [-0.2, 0) is 9.53 Å². The van der Waals surface area contributed by atoms with Gasteiger partial charge in [0.25, 0.3) is 5.91 Å². The van der Waals surface area contributed by atoms with Gasteiger partial charge in [0, 0.05) is 0 Å². The minimum atomic E-state index is -1.01. The number of nitrogens with one attached hydrogen (secondary N) is 1. The molecule has 0 spiro atoms. The molecule has 0 radical (unpaired) electrons. The van der Waals surface area contributed by atoms with Gasteiger partial charge in [0.2, 0.25) is 0 Å². The van der Waals surface area contributed by atoms with Crippen LogP contribution in [0.5, 0.6) is 0 Å². The van der Waals surface area contributed by atoms with Gasteiger partial charge in [0.15, 0.2) is 6.61 Å². The third-order valence-corrected chi connectivity index (χ3v) is 6.70. The fraction of sp³-hybridized carbons (Fsp3) is 0.300. The van der Waals surface area contributed by atoms with Gasteiger partial charge < -0.3 is 10.1 Å². The van der Waals surface area contributed by atoms with Crippen LogP contribution in [0.25, 0.3) is 20.1 Å². The number of hydrogen-bond acceptors (Lipinski definition) is 7. The number of benzene rings is 1. The van der Waals surface area contributed by atoms with Crippen molar-refractivity contribution in [1.29, 1.82) is 5.26 Å². The average molecular weight is 414 g/mol. The second-order valence-corrected chi connectivity index (χ2v) is 8.86. The van der Waals surface area contributed by atoms with E-state index >= 15 is 0 Å². The van der Waals surface area contributed by atoms with Crippen LogP contribution >= 0.6 is 22.7 Å². The molecule has 0 unspecified atom stereocenters. The first-order valence-corrected chi connectivity index (χ1v) is 10.3. The number of thiazole rings is 1. The van der Waals surface area contributed by atoms with Crippen LogP contribution in [0.15, 0.2) is 36.4 Å². The van der Waals surface area contributed by atoms with E-state index in [1.54, 1.807) is 24.3 Å². The second-order valence-electron chi connectivity index (χ2n) is 6.74. The smallest absolute Gasteiger partial charge is 0.348 e. The lowest BCUT2D eigenvalue weighted by Gasteiger charge is -2.27. The molecule has 0 aliphatic carbocycles. The number of hydrogen-bond donors (Lipinski definition) is 1. The molecule has 0 saturated carbocycles. The van der Waals surface area contributed by atoms with Crippen LogP contribution < -0.4 is 5.32 Å². The highest BCUT2D eigenvalue weighted by Crippen LogP contribution is 2.34. The van der Waals surface area contributed by atoms with Gasteiger partial charge in [-0.25, -0.2) is 9.78 Å². The van der Waals surface area contributed by atoms with E-state index in [1.165, 1.54) is 11.3 Å². The van der Waals surface area contributed by atoms with Crippen LogP contribution in [0.2, 0.25) is 0 Å². The fourth-order valence-electron chi connectivity index (χ4n) is 2.37. The standard InChI is InChI=1S/C20H19N3O3S2/c1-12(2)20(3,11-21)23-17(24)10-26-19(25)16-9-8-15(27-16)18-22-13-6-4-5-7-14(13)28-18/h4-9,12H,10H2,1-3H3,(H,23,24)/t20-/m1/s1. The first-order valence-electron chi connectivity index (χ1n) is 8.67. The molecule has 2 heterocycles. The van der Waals surface area contributed by atoms with E-state index in [-0.39, 0.29) is 5.92 Å². The highest BCUT2D eigenvalue weighted by atomic mass is 32.1. The lowest BCUT2D eigenvalue weighted by Crippen LogP contribution is -2.50. The van der Waals surface area contributed by atoms with E-state index in [2.05, 4.69) is 16.4 Å². The maximum Gasteiger partial charge on any atom is 0.348 e. The highest BCUT2D eigenvalue weighted by molar-refractivity contribution is 7.26. The molecule has 8 heteroatoms. The van der Waals surface area contributed by atoms with Crippen LogP contribution in [0.4, 0.5) is 0 Å². The van der Waals surface area contributed by atoms with Crippen molar-refractivity contribution >= 4 is 44.8 Å². The summed E-state index contributed by atoms with van der Waals surface area (Å²) >= 11 is 2.83. The molecule has 0 aliphatic rings. The van der Waals surface area contributed by atoms with Crippen molar-refractivity contribution in [2.24, 2.45) is 5.92 Å². The number of ether oxygens (including phenoxy) is 1. The summed E-state index contributed by atoms with van der Waals surface area (Å²) in [5, 5.41) is 12.7. The largest absolute Gasteiger partial charge is 0.451 e. The zero-order valence-electron chi connectivity index (χ0n) is 15.7. The first kappa shape index (κ1) is 20.0. The molecule has 0 fully saturated rings. The van der Waals surface area contributed by atoms with Crippen molar-refractivity contribution in [3.63, 3.8) is 0 Å². The Morgan fingerprint density at radius 3 is 2.68 bits per heavy atom. The van der Waals surface area contributed by atoms with Gasteiger partial charge in [-0.2, -0.15) is 5.26 Å². The Hall–Kier alpha value is -2.76. The maximum absolute atomic E-state index is 12.3. The Morgan fingerprint density at radius 1 is 1.25 bits per heavy atom. The molecule has 1 atom stereocenters. The molecule has 1 aromatic carbocycles. The number of aromatic nitrogens is 1. The van der Waals surface area contributed by atoms with Gasteiger partial charge in [-0.1, -0.05) is 26.0 Å². The summed E-state index contributed by atoms with van der Waals surface area (Å²) in [6.45, 7) is 4.88. The molecule has 6 nitrogen and oxygen atoms in total. The van der Waals surface area contributed by atoms with Gasteiger partial charge in [-0.05, 0) is 37.1 Å². The predicted octanol–water partition coefficient (Wildman–Crippen LogP) is 4.24. The molecular weight excluding hydrogens is 394 g/mol. The molecule has 3 rings (SSSR count). The van der Waals surface area contributed by atoms with Crippen LogP contribution in [-0.4, -0.2) is 29.0 Å². The van der Waals surface area contributed by atoms with Crippen molar-refractivity contribution in [1.82, 2.24) is 10.3 Å².